The number of aromatic nitrogens is 2. The van der Waals surface area contributed by atoms with E-state index in [1.165, 1.54) is 12.1 Å². The molecular weight excluding hydrogens is 413 g/mol. The van der Waals surface area contributed by atoms with Crippen LogP contribution >= 0.6 is 11.6 Å². The molecule has 1 heterocycles. The van der Waals surface area contributed by atoms with Crippen molar-refractivity contribution in [2.75, 3.05) is 13.2 Å². The summed E-state index contributed by atoms with van der Waals surface area (Å²) in [6.07, 6.45) is -0.792. The van der Waals surface area contributed by atoms with Gasteiger partial charge in [-0.05, 0) is 12.1 Å². The number of carbonyl (C=O) groups is 2. The maximum atomic E-state index is 13.3. The fourth-order valence-electron chi connectivity index (χ4n) is 2.00. The quantitative estimate of drug-likeness (QED) is 0.640. The second kappa shape index (κ2) is 10.4. The van der Waals surface area contributed by atoms with E-state index in [0.29, 0.717) is 5.70 Å². The average molecular weight is 429 g/mol. The highest BCUT2D eigenvalue weighted by Crippen LogP contribution is 2.20. The van der Waals surface area contributed by atoms with Crippen molar-refractivity contribution in [3.63, 3.8) is 0 Å². The van der Waals surface area contributed by atoms with Crippen molar-refractivity contribution < 1.29 is 27.5 Å². The minimum atomic E-state index is -2.77. The van der Waals surface area contributed by atoms with Crippen molar-refractivity contribution >= 4 is 23.4 Å². The molecule has 29 heavy (non-hydrogen) atoms. The van der Waals surface area contributed by atoms with Gasteiger partial charge in [-0.25, -0.2) is 18.2 Å². The van der Waals surface area contributed by atoms with E-state index >= 15 is 0 Å². The zero-order valence-corrected chi connectivity index (χ0v) is 15.7. The van der Waals surface area contributed by atoms with E-state index in [4.69, 9.17) is 16.3 Å². The fraction of sp³-hybridized carbons (Fsp3) is 0.222. The SMILES string of the molecule is C=C(CCNC(=O)c1cnc(C(F)F)cn1)NC(=O)COc1ccc(Cl)c(F)c1. The summed E-state index contributed by atoms with van der Waals surface area (Å²) in [4.78, 5) is 30.7. The van der Waals surface area contributed by atoms with Crippen LogP contribution in [0.25, 0.3) is 0 Å². The monoisotopic (exact) mass is 428 g/mol. The van der Waals surface area contributed by atoms with Crippen molar-refractivity contribution in [1.29, 1.82) is 0 Å². The minimum absolute atomic E-state index is 0.0619. The lowest BCUT2D eigenvalue weighted by Gasteiger charge is -2.10. The molecule has 0 unspecified atom stereocenters. The molecule has 1 aromatic carbocycles. The van der Waals surface area contributed by atoms with Gasteiger partial charge in [-0.3, -0.25) is 14.6 Å². The van der Waals surface area contributed by atoms with Crippen LogP contribution in [0.15, 0.2) is 42.9 Å². The first-order valence-corrected chi connectivity index (χ1v) is 8.58. The maximum Gasteiger partial charge on any atom is 0.281 e. The first-order valence-electron chi connectivity index (χ1n) is 8.20. The zero-order valence-electron chi connectivity index (χ0n) is 14.9. The number of benzene rings is 1. The summed E-state index contributed by atoms with van der Waals surface area (Å²) in [5, 5.41) is 4.90. The number of halogens is 4. The molecular formula is C18H16ClF3N4O3. The van der Waals surface area contributed by atoms with Crippen LogP contribution in [-0.4, -0.2) is 34.9 Å². The van der Waals surface area contributed by atoms with E-state index in [-0.39, 0.29) is 36.0 Å². The molecule has 0 saturated carbocycles. The van der Waals surface area contributed by atoms with Gasteiger partial charge >= 0.3 is 0 Å². The molecule has 0 saturated heterocycles. The Balaban J connectivity index is 1.69. The molecule has 0 aliphatic rings. The third-order valence-corrected chi connectivity index (χ3v) is 3.72. The van der Waals surface area contributed by atoms with Crippen molar-refractivity contribution in [2.24, 2.45) is 0 Å². The summed E-state index contributed by atoms with van der Waals surface area (Å²) >= 11 is 5.55. The van der Waals surface area contributed by atoms with Crippen LogP contribution in [0, 0.1) is 5.82 Å². The lowest BCUT2D eigenvalue weighted by atomic mass is 10.3. The first kappa shape index (κ1) is 22.2. The van der Waals surface area contributed by atoms with E-state index in [2.05, 4.69) is 27.2 Å². The molecule has 154 valence electrons. The summed E-state index contributed by atoms with van der Waals surface area (Å²) in [7, 11) is 0. The zero-order chi connectivity index (χ0) is 21.4. The molecule has 0 fully saturated rings. The molecule has 0 radical (unpaired) electrons. The van der Waals surface area contributed by atoms with Gasteiger partial charge in [0.05, 0.1) is 17.4 Å². The highest BCUT2D eigenvalue weighted by molar-refractivity contribution is 6.30. The number of nitrogens with zero attached hydrogens (tertiary/aromatic N) is 2. The van der Waals surface area contributed by atoms with Crippen LogP contribution in [0.5, 0.6) is 5.75 Å². The van der Waals surface area contributed by atoms with Gasteiger partial charge in [0.15, 0.2) is 6.61 Å². The fourth-order valence-corrected chi connectivity index (χ4v) is 2.11. The molecule has 11 heteroatoms. The van der Waals surface area contributed by atoms with Crippen LogP contribution in [0.1, 0.15) is 29.0 Å². The van der Waals surface area contributed by atoms with Gasteiger partial charge in [0, 0.05) is 24.7 Å². The second-order valence-corrected chi connectivity index (χ2v) is 6.06. The largest absolute Gasteiger partial charge is 0.484 e. The Labute approximate surface area is 168 Å². The number of ether oxygens (including phenoxy) is 1. The Bertz CT molecular complexity index is 894. The number of amides is 2. The summed E-state index contributed by atoms with van der Waals surface area (Å²) < 4.78 is 43.2. The van der Waals surface area contributed by atoms with Gasteiger partial charge in [0.2, 0.25) is 0 Å². The van der Waals surface area contributed by atoms with E-state index in [1.807, 2.05) is 0 Å². The lowest BCUT2D eigenvalue weighted by Crippen LogP contribution is -2.31. The first-order chi connectivity index (χ1) is 13.8. The van der Waals surface area contributed by atoms with Crippen LogP contribution < -0.4 is 15.4 Å². The van der Waals surface area contributed by atoms with Crippen molar-refractivity contribution in [3.05, 3.63) is 65.1 Å². The number of hydrogen-bond donors (Lipinski definition) is 2. The number of carbonyl (C=O) groups excluding carboxylic acids is 2. The van der Waals surface area contributed by atoms with Gasteiger partial charge in [-0.15, -0.1) is 0 Å². The topological polar surface area (TPSA) is 93.2 Å². The third kappa shape index (κ3) is 7.07. The highest BCUT2D eigenvalue weighted by atomic mass is 35.5. The van der Waals surface area contributed by atoms with Gasteiger partial charge in [-0.1, -0.05) is 18.2 Å². The van der Waals surface area contributed by atoms with Gasteiger partial charge in [0.1, 0.15) is 23.0 Å². The average Bonchev–Trinajstić information content (AvgIpc) is 2.68. The second-order valence-electron chi connectivity index (χ2n) is 5.65. The normalized spacial score (nSPS) is 10.5. The predicted molar refractivity (Wildman–Crippen MR) is 98.1 cm³/mol. The molecule has 2 aromatic rings. The van der Waals surface area contributed by atoms with Crippen LogP contribution in [0.2, 0.25) is 5.02 Å². The molecule has 0 aliphatic carbocycles. The molecule has 2 N–H and O–H groups in total. The summed E-state index contributed by atoms with van der Waals surface area (Å²) in [5.74, 6) is -1.66. The molecule has 0 spiro atoms. The van der Waals surface area contributed by atoms with Gasteiger partial charge in [0.25, 0.3) is 18.2 Å². The third-order valence-electron chi connectivity index (χ3n) is 3.42. The van der Waals surface area contributed by atoms with Gasteiger partial charge in [-0.2, -0.15) is 0 Å². The van der Waals surface area contributed by atoms with E-state index in [9.17, 15) is 22.8 Å². The van der Waals surface area contributed by atoms with Crippen LogP contribution in [0.4, 0.5) is 13.2 Å². The Kier molecular flexibility index (Phi) is 7.96. The van der Waals surface area contributed by atoms with Gasteiger partial charge < -0.3 is 15.4 Å². The summed E-state index contributed by atoms with van der Waals surface area (Å²) in [6, 6.07) is 3.77. The van der Waals surface area contributed by atoms with Crippen LogP contribution in [-0.2, 0) is 4.79 Å². The summed E-state index contributed by atoms with van der Waals surface area (Å²) in [6.45, 7) is 3.38. The Morgan fingerprint density at radius 3 is 2.62 bits per heavy atom. The van der Waals surface area contributed by atoms with Crippen LogP contribution in [0.3, 0.4) is 0 Å². The molecule has 2 amide bonds. The Morgan fingerprint density at radius 2 is 2.00 bits per heavy atom. The number of alkyl halides is 2. The molecule has 2 rings (SSSR count). The predicted octanol–water partition coefficient (Wildman–Crippen LogP) is 3.04. The Hall–Kier alpha value is -3.14. The van der Waals surface area contributed by atoms with E-state index in [0.717, 1.165) is 18.5 Å². The standard InChI is InChI=1S/C18H16ClF3N4O3/c1-10(26-16(27)9-29-11-2-3-12(19)13(20)6-11)4-5-23-18(28)15-8-24-14(7-25-15)17(21)22/h2-3,6-8,17H,1,4-5,9H2,(H,23,28)(H,26,27). The highest BCUT2D eigenvalue weighted by Gasteiger charge is 2.12. The van der Waals surface area contributed by atoms with E-state index in [1.54, 1.807) is 0 Å². The van der Waals surface area contributed by atoms with Crippen molar-refractivity contribution in [2.45, 2.75) is 12.8 Å². The van der Waals surface area contributed by atoms with E-state index < -0.39 is 29.8 Å². The molecule has 0 aliphatic heterocycles. The number of rotatable bonds is 9. The smallest absolute Gasteiger partial charge is 0.281 e. The molecule has 1 aromatic heterocycles. The van der Waals surface area contributed by atoms with Crippen molar-refractivity contribution in [1.82, 2.24) is 20.6 Å². The molecule has 0 atom stereocenters. The number of nitrogens with one attached hydrogen (secondary N) is 2. The number of hydrogen-bond acceptors (Lipinski definition) is 5. The molecule has 7 nitrogen and oxygen atoms in total. The maximum absolute atomic E-state index is 13.3. The minimum Gasteiger partial charge on any atom is -0.484 e. The molecule has 0 bridgehead atoms. The Morgan fingerprint density at radius 1 is 1.24 bits per heavy atom. The summed E-state index contributed by atoms with van der Waals surface area (Å²) in [5.41, 5.74) is -0.339. The lowest BCUT2D eigenvalue weighted by molar-refractivity contribution is -0.122. The van der Waals surface area contributed by atoms with Crippen molar-refractivity contribution in [3.8, 4) is 5.75 Å².